The maximum absolute atomic E-state index is 10.9. The van der Waals surface area contributed by atoms with E-state index in [-0.39, 0.29) is 18.4 Å². The molecule has 0 aromatic carbocycles. The van der Waals surface area contributed by atoms with Crippen molar-refractivity contribution < 1.29 is 19.4 Å². The molecule has 0 amide bonds. The third kappa shape index (κ3) is 3.63. The van der Waals surface area contributed by atoms with Gasteiger partial charge in [0, 0.05) is 13.0 Å². The van der Waals surface area contributed by atoms with Crippen molar-refractivity contribution >= 4 is 12.3 Å². The molecular formula is C11H18O4. The number of hydrogen-bond donors (Lipinski definition) is 1. The molecule has 86 valence electrons. The maximum atomic E-state index is 10.9. The third-order valence-electron chi connectivity index (χ3n) is 3.08. The number of carboxylic acids is 1. The summed E-state index contributed by atoms with van der Waals surface area (Å²) in [6.45, 7) is 2.74. The first kappa shape index (κ1) is 12.2. The maximum Gasteiger partial charge on any atom is 0.306 e. The van der Waals surface area contributed by atoms with Crippen LogP contribution in [0, 0.1) is 11.8 Å². The molecule has 1 rings (SSSR count). The van der Waals surface area contributed by atoms with Crippen molar-refractivity contribution in [3.8, 4) is 0 Å². The molecule has 0 radical (unpaired) electrons. The standard InChI is InChI=1S/C11H18O4/c1-8-9(3-2-6-15-8)7-10(4-5-12)11(13)14/h5,8-10H,2-4,6-7H2,1H3,(H,13,14)/t8-,9-,10?/m1/s1. The van der Waals surface area contributed by atoms with Crippen LogP contribution in [0.2, 0.25) is 0 Å². The first-order chi connectivity index (χ1) is 7.15. The SMILES string of the molecule is C[C@H]1OCCC[C@@H]1CC(CC=O)C(=O)O. The van der Waals surface area contributed by atoms with Gasteiger partial charge in [-0.25, -0.2) is 0 Å². The molecule has 0 saturated carbocycles. The molecule has 3 atom stereocenters. The van der Waals surface area contributed by atoms with Crippen LogP contribution in [-0.2, 0) is 14.3 Å². The van der Waals surface area contributed by atoms with Gasteiger partial charge in [-0.15, -0.1) is 0 Å². The Morgan fingerprint density at radius 3 is 2.93 bits per heavy atom. The summed E-state index contributed by atoms with van der Waals surface area (Å²) in [4.78, 5) is 21.2. The fourth-order valence-electron chi connectivity index (χ4n) is 2.07. The summed E-state index contributed by atoms with van der Waals surface area (Å²) in [5, 5.41) is 8.92. The Kier molecular flexibility index (Phi) is 4.75. The Morgan fingerprint density at radius 2 is 2.40 bits per heavy atom. The quantitative estimate of drug-likeness (QED) is 0.704. The van der Waals surface area contributed by atoms with Gasteiger partial charge in [0.1, 0.15) is 6.29 Å². The molecule has 1 fully saturated rings. The van der Waals surface area contributed by atoms with Gasteiger partial charge in [0.2, 0.25) is 0 Å². The Labute approximate surface area is 89.6 Å². The van der Waals surface area contributed by atoms with Crippen molar-refractivity contribution in [3.05, 3.63) is 0 Å². The summed E-state index contributed by atoms with van der Waals surface area (Å²) in [6.07, 6.45) is 3.46. The zero-order chi connectivity index (χ0) is 11.3. The van der Waals surface area contributed by atoms with E-state index in [2.05, 4.69) is 0 Å². The summed E-state index contributed by atoms with van der Waals surface area (Å²) in [5.41, 5.74) is 0. The second-order valence-electron chi connectivity index (χ2n) is 4.15. The smallest absolute Gasteiger partial charge is 0.306 e. The fourth-order valence-corrected chi connectivity index (χ4v) is 2.07. The van der Waals surface area contributed by atoms with Crippen LogP contribution in [0.3, 0.4) is 0 Å². The van der Waals surface area contributed by atoms with Gasteiger partial charge in [0.05, 0.1) is 12.0 Å². The highest BCUT2D eigenvalue weighted by Crippen LogP contribution is 2.28. The second kappa shape index (κ2) is 5.85. The van der Waals surface area contributed by atoms with Crippen LogP contribution >= 0.6 is 0 Å². The molecule has 1 aliphatic rings. The topological polar surface area (TPSA) is 63.6 Å². The van der Waals surface area contributed by atoms with E-state index < -0.39 is 11.9 Å². The average Bonchev–Trinajstić information content (AvgIpc) is 2.20. The molecule has 4 nitrogen and oxygen atoms in total. The molecule has 1 heterocycles. The number of carbonyl (C=O) groups excluding carboxylic acids is 1. The highest BCUT2D eigenvalue weighted by Gasteiger charge is 2.28. The predicted octanol–water partition coefficient (Wildman–Crippen LogP) is 1.48. The molecule has 0 aromatic heterocycles. The van der Waals surface area contributed by atoms with Crippen LogP contribution < -0.4 is 0 Å². The number of aldehydes is 1. The number of aliphatic carboxylic acids is 1. The van der Waals surface area contributed by atoms with Crippen molar-refractivity contribution in [2.45, 2.75) is 38.7 Å². The lowest BCUT2D eigenvalue weighted by molar-refractivity contribution is -0.144. The Balaban J connectivity index is 2.48. The minimum Gasteiger partial charge on any atom is -0.481 e. The highest BCUT2D eigenvalue weighted by atomic mass is 16.5. The van der Waals surface area contributed by atoms with E-state index in [1.165, 1.54) is 0 Å². The lowest BCUT2D eigenvalue weighted by Crippen LogP contribution is -2.30. The van der Waals surface area contributed by atoms with E-state index in [1.807, 2.05) is 6.92 Å². The summed E-state index contributed by atoms with van der Waals surface area (Å²) in [7, 11) is 0. The third-order valence-corrected chi connectivity index (χ3v) is 3.08. The van der Waals surface area contributed by atoms with Crippen molar-refractivity contribution in [2.24, 2.45) is 11.8 Å². The van der Waals surface area contributed by atoms with Crippen LogP contribution in [-0.4, -0.2) is 30.1 Å². The summed E-state index contributed by atoms with van der Waals surface area (Å²) < 4.78 is 5.47. The Bertz CT molecular complexity index is 227. The van der Waals surface area contributed by atoms with Gasteiger partial charge in [-0.3, -0.25) is 4.79 Å². The van der Waals surface area contributed by atoms with Crippen molar-refractivity contribution in [2.75, 3.05) is 6.61 Å². The number of hydrogen-bond acceptors (Lipinski definition) is 3. The first-order valence-corrected chi connectivity index (χ1v) is 5.43. The first-order valence-electron chi connectivity index (χ1n) is 5.43. The van der Waals surface area contributed by atoms with Crippen molar-refractivity contribution in [1.82, 2.24) is 0 Å². The summed E-state index contributed by atoms with van der Waals surface area (Å²) in [6, 6.07) is 0. The van der Waals surface area contributed by atoms with Gasteiger partial charge in [-0.1, -0.05) is 0 Å². The van der Waals surface area contributed by atoms with Gasteiger partial charge < -0.3 is 14.6 Å². The summed E-state index contributed by atoms with van der Waals surface area (Å²) >= 11 is 0. The van der Waals surface area contributed by atoms with Crippen molar-refractivity contribution in [1.29, 1.82) is 0 Å². The van der Waals surface area contributed by atoms with Crippen LogP contribution in [0.4, 0.5) is 0 Å². The molecule has 15 heavy (non-hydrogen) atoms. The van der Waals surface area contributed by atoms with Crippen LogP contribution in [0.15, 0.2) is 0 Å². The largest absolute Gasteiger partial charge is 0.481 e. The molecule has 1 saturated heterocycles. The van der Waals surface area contributed by atoms with E-state index in [9.17, 15) is 9.59 Å². The van der Waals surface area contributed by atoms with Crippen LogP contribution in [0.1, 0.15) is 32.6 Å². The van der Waals surface area contributed by atoms with E-state index in [0.717, 1.165) is 19.4 Å². The molecule has 1 unspecified atom stereocenters. The lowest BCUT2D eigenvalue weighted by Gasteiger charge is -2.30. The normalized spacial score (nSPS) is 28.3. The van der Waals surface area contributed by atoms with Crippen molar-refractivity contribution in [3.63, 3.8) is 0 Å². The molecular weight excluding hydrogens is 196 g/mol. The van der Waals surface area contributed by atoms with E-state index in [4.69, 9.17) is 9.84 Å². The van der Waals surface area contributed by atoms with Gasteiger partial charge in [0.25, 0.3) is 0 Å². The number of carbonyl (C=O) groups is 2. The van der Waals surface area contributed by atoms with Gasteiger partial charge in [0.15, 0.2) is 0 Å². The highest BCUT2D eigenvalue weighted by molar-refractivity contribution is 5.73. The molecule has 0 aromatic rings. The fraction of sp³-hybridized carbons (Fsp3) is 0.818. The summed E-state index contributed by atoms with van der Waals surface area (Å²) in [5.74, 6) is -1.14. The molecule has 0 bridgehead atoms. The number of carboxylic acid groups (broad SMARTS) is 1. The second-order valence-corrected chi connectivity index (χ2v) is 4.15. The van der Waals surface area contributed by atoms with Crippen LogP contribution in [0.5, 0.6) is 0 Å². The number of ether oxygens (including phenoxy) is 1. The number of rotatable bonds is 5. The van der Waals surface area contributed by atoms with Crippen LogP contribution in [0.25, 0.3) is 0 Å². The van der Waals surface area contributed by atoms with E-state index in [0.29, 0.717) is 12.7 Å². The molecule has 1 aliphatic heterocycles. The Morgan fingerprint density at radius 1 is 1.67 bits per heavy atom. The predicted molar refractivity (Wildman–Crippen MR) is 54.6 cm³/mol. The minimum atomic E-state index is -0.875. The van der Waals surface area contributed by atoms with E-state index >= 15 is 0 Å². The van der Waals surface area contributed by atoms with E-state index in [1.54, 1.807) is 0 Å². The molecule has 0 spiro atoms. The zero-order valence-electron chi connectivity index (χ0n) is 9.02. The monoisotopic (exact) mass is 214 g/mol. The van der Waals surface area contributed by atoms with Gasteiger partial charge >= 0.3 is 5.97 Å². The molecule has 4 heteroatoms. The molecule has 0 aliphatic carbocycles. The molecule has 1 N–H and O–H groups in total. The minimum absolute atomic E-state index is 0.110. The lowest BCUT2D eigenvalue weighted by atomic mass is 9.85. The average molecular weight is 214 g/mol. The Hall–Kier alpha value is -0.900. The zero-order valence-corrected chi connectivity index (χ0v) is 9.02. The van der Waals surface area contributed by atoms with Gasteiger partial charge in [-0.2, -0.15) is 0 Å². The van der Waals surface area contributed by atoms with Gasteiger partial charge in [-0.05, 0) is 32.1 Å².